The standard InChI is InChI=1S/C25H25ClN6O2/c26-24-27-12-9-23(29-24)32(22-8-4-7-21-20(22)15-28-30-21)16-18-10-13-31(14-11-18)25(33)34-17-19-5-2-1-3-6-19/h1-9,12,15,18H,10-11,13-14,16-17H2,(H,28,30). The molecule has 1 N–H and O–H groups in total. The zero-order valence-electron chi connectivity index (χ0n) is 18.6. The van der Waals surface area contributed by atoms with E-state index in [1.807, 2.05) is 54.7 Å². The maximum atomic E-state index is 12.5. The van der Waals surface area contributed by atoms with Crippen LogP contribution in [0, 0.1) is 5.92 Å². The third-order valence-electron chi connectivity index (χ3n) is 6.16. The van der Waals surface area contributed by atoms with Crippen molar-refractivity contribution in [2.75, 3.05) is 24.5 Å². The van der Waals surface area contributed by atoms with Crippen LogP contribution in [0.5, 0.6) is 0 Å². The van der Waals surface area contributed by atoms with Gasteiger partial charge >= 0.3 is 6.09 Å². The number of piperidine rings is 1. The summed E-state index contributed by atoms with van der Waals surface area (Å²) in [4.78, 5) is 25.0. The average Bonchev–Trinajstić information content (AvgIpc) is 3.36. The van der Waals surface area contributed by atoms with Crippen molar-refractivity contribution in [3.8, 4) is 0 Å². The van der Waals surface area contributed by atoms with E-state index in [-0.39, 0.29) is 18.0 Å². The first-order chi connectivity index (χ1) is 16.7. The number of H-pyrrole nitrogens is 1. The average molecular weight is 477 g/mol. The highest BCUT2D eigenvalue weighted by Gasteiger charge is 2.27. The SMILES string of the molecule is O=C(OCc1ccccc1)N1CCC(CN(c2ccnc(Cl)n2)c2cccc3[nH]ncc23)CC1. The van der Waals surface area contributed by atoms with Crippen molar-refractivity contribution < 1.29 is 9.53 Å². The molecule has 0 spiro atoms. The molecule has 0 unspecified atom stereocenters. The van der Waals surface area contributed by atoms with Crippen LogP contribution in [-0.2, 0) is 11.3 Å². The molecule has 8 nitrogen and oxygen atoms in total. The van der Waals surface area contributed by atoms with Gasteiger partial charge in [0.25, 0.3) is 0 Å². The maximum absolute atomic E-state index is 12.5. The molecule has 5 rings (SSSR count). The number of anilines is 2. The Morgan fingerprint density at radius 1 is 1.12 bits per heavy atom. The van der Waals surface area contributed by atoms with E-state index in [2.05, 4.69) is 31.1 Å². The number of hydrogen-bond donors (Lipinski definition) is 1. The Morgan fingerprint density at radius 3 is 2.74 bits per heavy atom. The van der Waals surface area contributed by atoms with Gasteiger partial charge in [0.1, 0.15) is 12.4 Å². The molecule has 4 aromatic rings. The normalized spacial score (nSPS) is 14.3. The molecule has 174 valence electrons. The molecule has 1 aliphatic heterocycles. The number of ether oxygens (including phenoxy) is 1. The van der Waals surface area contributed by atoms with Crippen LogP contribution in [0.15, 0.2) is 67.0 Å². The number of nitrogens with zero attached hydrogens (tertiary/aromatic N) is 5. The number of nitrogens with one attached hydrogen (secondary N) is 1. The first kappa shape index (κ1) is 22.2. The van der Waals surface area contributed by atoms with Crippen molar-refractivity contribution in [2.24, 2.45) is 5.92 Å². The fraction of sp³-hybridized carbons (Fsp3) is 0.280. The van der Waals surface area contributed by atoms with Crippen molar-refractivity contribution >= 4 is 40.1 Å². The molecule has 0 saturated carbocycles. The van der Waals surface area contributed by atoms with Crippen molar-refractivity contribution in [2.45, 2.75) is 19.4 Å². The van der Waals surface area contributed by atoms with Crippen LogP contribution in [0.2, 0.25) is 5.28 Å². The molecule has 1 aliphatic rings. The van der Waals surface area contributed by atoms with Gasteiger partial charge < -0.3 is 14.5 Å². The van der Waals surface area contributed by atoms with Gasteiger partial charge in [-0.1, -0.05) is 36.4 Å². The third kappa shape index (κ3) is 4.97. The molecule has 0 radical (unpaired) electrons. The van der Waals surface area contributed by atoms with Gasteiger partial charge in [0.05, 0.1) is 17.4 Å². The Morgan fingerprint density at radius 2 is 1.94 bits per heavy atom. The van der Waals surface area contributed by atoms with Gasteiger partial charge in [-0.2, -0.15) is 5.10 Å². The second kappa shape index (κ2) is 10.1. The zero-order chi connectivity index (χ0) is 23.3. The minimum Gasteiger partial charge on any atom is -0.445 e. The van der Waals surface area contributed by atoms with Gasteiger partial charge in [0.15, 0.2) is 0 Å². The Kier molecular flexibility index (Phi) is 6.58. The number of hydrogen-bond acceptors (Lipinski definition) is 6. The van der Waals surface area contributed by atoms with E-state index < -0.39 is 0 Å². The highest BCUT2D eigenvalue weighted by molar-refractivity contribution is 6.28. The quantitative estimate of drug-likeness (QED) is 0.385. The van der Waals surface area contributed by atoms with Gasteiger partial charge in [-0.05, 0) is 54.1 Å². The summed E-state index contributed by atoms with van der Waals surface area (Å²) in [5, 5.41) is 8.45. The summed E-state index contributed by atoms with van der Waals surface area (Å²) in [5.74, 6) is 1.10. The summed E-state index contributed by atoms with van der Waals surface area (Å²) >= 11 is 6.12. The number of likely N-dealkylation sites (tertiary alicyclic amines) is 1. The molecule has 9 heteroatoms. The fourth-order valence-corrected chi connectivity index (χ4v) is 4.49. The van der Waals surface area contributed by atoms with E-state index in [0.29, 0.717) is 19.0 Å². The number of aromatic amines is 1. The lowest BCUT2D eigenvalue weighted by molar-refractivity contribution is 0.0829. The summed E-state index contributed by atoms with van der Waals surface area (Å²) in [5.41, 5.74) is 2.95. The smallest absolute Gasteiger partial charge is 0.410 e. The van der Waals surface area contributed by atoms with E-state index >= 15 is 0 Å². The van der Waals surface area contributed by atoms with E-state index in [1.165, 1.54) is 0 Å². The Labute approximate surface area is 202 Å². The molecule has 34 heavy (non-hydrogen) atoms. The second-order valence-electron chi connectivity index (χ2n) is 8.37. The second-order valence-corrected chi connectivity index (χ2v) is 8.71. The van der Waals surface area contributed by atoms with Crippen molar-refractivity contribution in [3.63, 3.8) is 0 Å². The maximum Gasteiger partial charge on any atom is 0.410 e. The van der Waals surface area contributed by atoms with Crippen LogP contribution >= 0.6 is 11.6 Å². The van der Waals surface area contributed by atoms with Gasteiger partial charge in [-0.25, -0.2) is 14.8 Å². The van der Waals surface area contributed by atoms with E-state index in [9.17, 15) is 4.79 Å². The number of amides is 1. The molecule has 2 aromatic carbocycles. The fourth-order valence-electron chi connectivity index (χ4n) is 4.35. The monoisotopic (exact) mass is 476 g/mol. The van der Waals surface area contributed by atoms with Crippen LogP contribution < -0.4 is 4.90 Å². The summed E-state index contributed by atoms with van der Waals surface area (Å²) in [6, 6.07) is 17.6. The van der Waals surface area contributed by atoms with Crippen molar-refractivity contribution in [1.82, 2.24) is 25.1 Å². The lowest BCUT2D eigenvalue weighted by Gasteiger charge is -2.35. The Balaban J connectivity index is 1.27. The number of fused-ring (bicyclic) bond motifs is 1. The summed E-state index contributed by atoms with van der Waals surface area (Å²) in [7, 11) is 0. The van der Waals surface area contributed by atoms with Crippen molar-refractivity contribution in [1.29, 1.82) is 0 Å². The highest BCUT2D eigenvalue weighted by Crippen LogP contribution is 2.33. The number of carbonyl (C=O) groups is 1. The minimum absolute atomic E-state index is 0.206. The number of halogens is 1. The van der Waals surface area contributed by atoms with E-state index in [4.69, 9.17) is 16.3 Å². The zero-order valence-corrected chi connectivity index (χ0v) is 19.4. The van der Waals surface area contributed by atoms with Crippen LogP contribution in [0.1, 0.15) is 18.4 Å². The molecule has 1 saturated heterocycles. The largest absolute Gasteiger partial charge is 0.445 e. The third-order valence-corrected chi connectivity index (χ3v) is 6.34. The molecule has 2 aromatic heterocycles. The van der Waals surface area contributed by atoms with Gasteiger partial charge in [-0.3, -0.25) is 5.10 Å². The predicted molar refractivity (Wildman–Crippen MR) is 131 cm³/mol. The molecule has 0 aliphatic carbocycles. The summed E-state index contributed by atoms with van der Waals surface area (Å²) in [6.45, 7) is 2.35. The van der Waals surface area contributed by atoms with Crippen LogP contribution in [0.3, 0.4) is 0 Å². The minimum atomic E-state index is -0.259. The van der Waals surface area contributed by atoms with Crippen LogP contribution in [0.25, 0.3) is 10.9 Å². The molecule has 1 fully saturated rings. The number of benzene rings is 2. The Hall–Kier alpha value is -3.65. The topological polar surface area (TPSA) is 87.2 Å². The summed E-state index contributed by atoms with van der Waals surface area (Å²) < 4.78 is 5.51. The first-order valence-electron chi connectivity index (χ1n) is 11.3. The van der Waals surface area contributed by atoms with Crippen LogP contribution in [0.4, 0.5) is 16.3 Å². The molecular weight excluding hydrogens is 452 g/mol. The molecule has 1 amide bonds. The molecule has 0 bridgehead atoms. The van der Waals surface area contributed by atoms with E-state index in [0.717, 1.165) is 47.4 Å². The predicted octanol–water partition coefficient (Wildman–Crippen LogP) is 5.19. The lowest BCUT2D eigenvalue weighted by atomic mass is 9.96. The first-order valence-corrected chi connectivity index (χ1v) is 11.7. The molecular formula is C25H25ClN6O2. The van der Waals surface area contributed by atoms with Gasteiger partial charge in [0, 0.05) is 31.2 Å². The number of aromatic nitrogens is 4. The molecule has 3 heterocycles. The summed E-state index contributed by atoms with van der Waals surface area (Å²) in [6.07, 6.45) is 4.98. The highest BCUT2D eigenvalue weighted by atomic mass is 35.5. The van der Waals surface area contributed by atoms with Gasteiger partial charge in [-0.15, -0.1) is 0 Å². The lowest BCUT2D eigenvalue weighted by Crippen LogP contribution is -2.41. The number of rotatable bonds is 6. The van der Waals surface area contributed by atoms with E-state index in [1.54, 1.807) is 11.1 Å². The van der Waals surface area contributed by atoms with Gasteiger partial charge in [0.2, 0.25) is 5.28 Å². The molecule has 0 atom stereocenters. The van der Waals surface area contributed by atoms with Crippen LogP contribution in [-0.4, -0.2) is 50.8 Å². The Bertz CT molecular complexity index is 1260. The number of carbonyl (C=O) groups excluding carboxylic acids is 1. The van der Waals surface area contributed by atoms with Crippen molar-refractivity contribution in [3.05, 3.63) is 77.8 Å².